The third kappa shape index (κ3) is 3.34. The standard InChI is InChI=1S/C21H20N4O3/c1-12-9-16(14(3)25(12)20-10-13(2)28-24-20)5-8-21(26)23-17-6-7-19-18(11-17)22-15(4)27-19/h5-11H,1-4H3,(H,23,26)/b8-5+. The zero-order valence-corrected chi connectivity index (χ0v) is 16.1. The number of rotatable bonds is 4. The summed E-state index contributed by atoms with van der Waals surface area (Å²) in [5, 5.41) is 6.92. The van der Waals surface area contributed by atoms with E-state index < -0.39 is 0 Å². The van der Waals surface area contributed by atoms with E-state index in [0.29, 0.717) is 22.7 Å². The summed E-state index contributed by atoms with van der Waals surface area (Å²) in [4.78, 5) is 16.6. The second-order valence-electron chi connectivity index (χ2n) is 6.70. The number of benzene rings is 1. The van der Waals surface area contributed by atoms with Gasteiger partial charge in [-0.25, -0.2) is 4.98 Å². The number of fused-ring (bicyclic) bond motifs is 1. The first-order chi connectivity index (χ1) is 13.4. The topological polar surface area (TPSA) is 86.1 Å². The lowest BCUT2D eigenvalue weighted by molar-refractivity contribution is -0.111. The molecule has 28 heavy (non-hydrogen) atoms. The Hall–Kier alpha value is -3.61. The Morgan fingerprint density at radius 2 is 1.96 bits per heavy atom. The number of hydrogen-bond acceptors (Lipinski definition) is 5. The molecule has 0 aliphatic carbocycles. The van der Waals surface area contributed by atoms with Gasteiger partial charge in [-0.3, -0.25) is 9.36 Å². The average molecular weight is 376 g/mol. The lowest BCUT2D eigenvalue weighted by Gasteiger charge is -2.04. The van der Waals surface area contributed by atoms with Gasteiger partial charge in [-0.2, -0.15) is 0 Å². The summed E-state index contributed by atoms with van der Waals surface area (Å²) in [6.45, 7) is 7.62. The molecule has 7 heteroatoms. The molecular weight excluding hydrogens is 356 g/mol. The molecule has 3 aromatic heterocycles. The normalized spacial score (nSPS) is 11.6. The van der Waals surface area contributed by atoms with Crippen molar-refractivity contribution < 1.29 is 13.7 Å². The fraction of sp³-hybridized carbons (Fsp3) is 0.190. The fourth-order valence-electron chi connectivity index (χ4n) is 3.24. The molecule has 0 radical (unpaired) electrons. The summed E-state index contributed by atoms with van der Waals surface area (Å²) < 4.78 is 12.6. The van der Waals surface area contributed by atoms with Crippen molar-refractivity contribution in [3.05, 3.63) is 65.0 Å². The third-order valence-corrected chi connectivity index (χ3v) is 4.49. The Kier molecular flexibility index (Phi) is 4.35. The van der Waals surface area contributed by atoms with E-state index in [1.165, 1.54) is 6.08 Å². The van der Waals surface area contributed by atoms with E-state index in [9.17, 15) is 4.79 Å². The Balaban J connectivity index is 1.52. The smallest absolute Gasteiger partial charge is 0.248 e. The zero-order valence-electron chi connectivity index (χ0n) is 16.1. The van der Waals surface area contributed by atoms with Crippen LogP contribution in [0.4, 0.5) is 5.69 Å². The summed E-state index contributed by atoms with van der Waals surface area (Å²) in [5.41, 5.74) is 5.01. The van der Waals surface area contributed by atoms with Crippen molar-refractivity contribution in [3.63, 3.8) is 0 Å². The molecule has 142 valence electrons. The van der Waals surface area contributed by atoms with Crippen molar-refractivity contribution in [3.8, 4) is 5.82 Å². The highest BCUT2D eigenvalue weighted by atomic mass is 16.5. The summed E-state index contributed by atoms with van der Waals surface area (Å²) >= 11 is 0. The minimum Gasteiger partial charge on any atom is -0.441 e. The van der Waals surface area contributed by atoms with Gasteiger partial charge in [0.1, 0.15) is 11.3 Å². The second kappa shape index (κ2) is 6.84. The summed E-state index contributed by atoms with van der Waals surface area (Å²) in [5.74, 6) is 1.85. The van der Waals surface area contributed by atoms with Gasteiger partial charge in [-0.15, -0.1) is 0 Å². The first kappa shape index (κ1) is 17.8. The molecule has 1 N–H and O–H groups in total. The molecule has 7 nitrogen and oxygen atoms in total. The van der Waals surface area contributed by atoms with Crippen LogP contribution in [0.3, 0.4) is 0 Å². The van der Waals surface area contributed by atoms with Crippen molar-refractivity contribution >= 4 is 28.8 Å². The Morgan fingerprint density at radius 1 is 1.14 bits per heavy atom. The molecule has 0 fully saturated rings. The van der Waals surface area contributed by atoms with Crippen LogP contribution in [0, 0.1) is 27.7 Å². The van der Waals surface area contributed by atoms with E-state index in [1.807, 2.05) is 37.5 Å². The maximum absolute atomic E-state index is 12.3. The zero-order chi connectivity index (χ0) is 19.8. The van der Waals surface area contributed by atoms with Gasteiger partial charge in [0.05, 0.1) is 0 Å². The van der Waals surface area contributed by atoms with Crippen LogP contribution >= 0.6 is 0 Å². The second-order valence-corrected chi connectivity index (χ2v) is 6.70. The molecule has 1 aromatic carbocycles. The third-order valence-electron chi connectivity index (χ3n) is 4.49. The predicted octanol–water partition coefficient (Wildman–Crippen LogP) is 4.49. The van der Waals surface area contributed by atoms with Gasteiger partial charge < -0.3 is 14.3 Å². The van der Waals surface area contributed by atoms with Crippen molar-refractivity contribution in [2.75, 3.05) is 5.32 Å². The summed E-state index contributed by atoms with van der Waals surface area (Å²) in [6, 6.07) is 9.26. The molecular formula is C21H20N4O3. The molecule has 0 atom stereocenters. The SMILES string of the molecule is Cc1cc(-n2c(C)cc(/C=C/C(=O)Nc3ccc4oc(C)nc4c3)c2C)no1. The average Bonchev–Trinajstić information content (AvgIpc) is 3.29. The van der Waals surface area contributed by atoms with E-state index in [1.54, 1.807) is 31.2 Å². The largest absolute Gasteiger partial charge is 0.441 e. The predicted molar refractivity (Wildman–Crippen MR) is 106 cm³/mol. The first-order valence-electron chi connectivity index (χ1n) is 8.89. The van der Waals surface area contributed by atoms with Crippen molar-refractivity contribution in [1.82, 2.24) is 14.7 Å². The van der Waals surface area contributed by atoms with Gasteiger partial charge in [-0.1, -0.05) is 5.16 Å². The Morgan fingerprint density at radius 3 is 2.71 bits per heavy atom. The van der Waals surface area contributed by atoms with Crippen LogP contribution in [-0.4, -0.2) is 20.6 Å². The molecule has 0 aliphatic rings. The molecule has 0 spiro atoms. The van der Waals surface area contributed by atoms with Gasteiger partial charge in [-0.05, 0) is 56.7 Å². The lowest BCUT2D eigenvalue weighted by atomic mass is 10.2. The minimum atomic E-state index is -0.221. The van der Waals surface area contributed by atoms with Crippen molar-refractivity contribution in [1.29, 1.82) is 0 Å². The number of hydrogen-bond donors (Lipinski definition) is 1. The van der Waals surface area contributed by atoms with Gasteiger partial charge in [0.25, 0.3) is 0 Å². The van der Waals surface area contributed by atoms with E-state index in [2.05, 4.69) is 15.5 Å². The number of nitrogens with zero attached hydrogens (tertiary/aromatic N) is 3. The van der Waals surface area contributed by atoms with E-state index >= 15 is 0 Å². The van der Waals surface area contributed by atoms with Crippen LogP contribution in [0.5, 0.6) is 0 Å². The fourth-order valence-corrected chi connectivity index (χ4v) is 3.24. The number of oxazole rings is 1. The van der Waals surface area contributed by atoms with Crippen LogP contribution < -0.4 is 5.32 Å². The molecule has 0 saturated carbocycles. The minimum absolute atomic E-state index is 0.221. The van der Waals surface area contributed by atoms with Crippen molar-refractivity contribution in [2.24, 2.45) is 0 Å². The van der Waals surface area contributed by atoms with Gasteiger partial charge in [0.2, 0.25) is 5.91 Å². The number of carbonyl (C=O) groups is 1. The lowest BCUT2D eigenvalue weighted by Crippen LogP contribution is -2.07. The highest BCUT2D eigenvalue weighted by molar-refractivity contribution is 6.02. The Labute approximate surface area is 161 Å². The highest BCUT2D eigenvalue weighted by Crippen LogP contribution is 2.22. The number of aromatic nitrogens is 3. The van der Waals surface area contributed by atoms with E-state index in [4.69, 9.17) is 8.94 Å². The van der Waals surface area contributed by atoms with Crippen LogP contribution in [0.25, 0.3) is 23.0 Å². The molecule has 3 heterocycles. The number of anilines is 1. The van der Waals surface area contributed by atoms with Gasteiger partial charge in [0, 0.05) is 36.1 Å². The summed E-state index contributed by atoms with van der Waals surface area (Å²) in [6.07, 6.45) is 3.30. The number of aryl methyl sites for hydroxylation is 3. The Bertz CT molecular complexity index is 1210. The van der Waals surface area contributed by atoms with Gasteiger partial charge >= 0.3 is 0 Å². The van der Waals surface area contributed by atoms with E-state index in [-0.39, 0.29) is 5.91 Å². The summed E-state index contributed by atoms with van der Waals surface area (Å²) in [7, 11) is 0. The monoisotopic (exact) mass is 376 g/mol. The first-order valence-corrected chi connectivity index (χ1v) is 8.89. The molecule has 4 aromatic rings. The van der Waals surface area contributed by atoms with Crippen molar-refractivity contribution in [2.45, 2.75) is 27.7 Å². The van der Waals surface area contributed by atoms with Crippen LogP contribution in [0.1, 0.15) is 28.6 Å². The van der Waals surface area contributed by atoms with E-state index in [0.717, 1.165) is 28.5 Å². The van der Waals surface area contributed by atoms with Crippen LogP contribution in [-0.2, 0) is 4.79 Å². The quantitative estimate of drug-likeness (QED) is 0.530. The number of carbonyl (C=O) groups excluding carboxylic acids is 1. The maximum atomic E-state index is 12.3. The van der Waals surface area contributed by atoms with Crippen LogP contribution in [0.15, 0.2) is 45.3 Å². The molecule has 0 aliphatic heterocycles. The van der Waals surface area contributed by atoms with Gasteiger partial charge in [0.15, 0.2) is 17.3 Å². The number of amides is 1. The molecule has 0 bridgehead atoms. The molecule has 4 rings (SSSR count). The highest BCUT2D eigenvalue weighted by Gasteiger charge is 2.12. The van der Waals surface area contributed by atoms with Crippen LogP contribution in [0.2, 0.25) is 0 Å². The molecule has 0 saturated heterocycles. The maximum Gasteiger partial charge on any atom is 0.248 e. The molecule has 1 amide bonds. The molecule has 0 unspecified atom stereocenters. The number of nitrogens with one attached hydrogen (secondary N) is 1.